The maximum Gasteiger partial charge on any atom is 0.328 e. The van der Waals surface area contributed by atoms with Crippen molar-refractivity contribution in [3.8, 4) is 0 Å². The Balaban J connectivity index is 2.77. The van der Waals surface area contributed by atoms with Gasteiger partial charge in [0.2, 0.25) is 0 Å². The van der Waals surface area contributed by atoms with Gasteiger partial charge in [0.15, 0.2) is 6.04 Å². The molecule has 0 aliphatic heterocycles. The lowest BCUT2D eigenvalue weighted by Crippen LogP contribution is -2.45. The van der Waals surface area contributed by atoms with Crippen LogP contribution in [0.5, 0.6) is 0 Å². The second kappa shape index (κ2) is 7.20. The number of hydrogen-bond donors (Lipinski definition) is 3. The number of anilines is 1. The first-order chi connectivity index (χ1) is 9.85. The smallest absolute Gasteiger partial charge is 0.328 e. The van der Waals surface area contributed by atoms with Crippen LogP contribution in [0.15, 0.2) is 18.2 Å². The van der Waals surface area contributed by atoms with Gasteiger partial charge in [0, 0.05) is 24.4 Å². The first kappa shape index (κ1) is 16.4. The Morgan fingerprint density at radius 2 is 2.14 bits per heavy atom. The number of carboxylic acid groups (broad SMARTS) is 1. The summed E-state index contributed by atoms with van der Waals surface area (Å²) < 4.78 is 4.67. The van der Waals surface area contributed by atoms with Gasteiger partial charge in [0.1, 0.15) is 0 Å². The highest BCUT2D eigenvalue weighted by Crippen LogP contribution is 2.22. The molecule has 21 heavy (non-hydrogen) atoms. The summed E-state index contributed by atoms with van der Waals surface area (Å²) in [5, 5.41) is 24.2. The van der Waals surface area contributed by atoms with Gasteiger partial charge in [-0.25, -0.2) is 9.59 Å². The van der Waals surface area contributed by atoms with Crippen molar-refractivity contribution in [2.75, 3.05) is 19.0 Å². The van der Waals surface area contributed by atoms with E-state index in [1.165, 1.54) is 25.3 Å². The number of amides is 2. The molecule has 2 amide bonds. The number of carboxylic acids is 1. The molecule has 1 aromatic carbocycles. The van der Waals surface area contributed by atoms with Gasteiger partial charge < -0.3 is 20.5 Å². The molecule has 3 N–H and O–H groups in total. The Morgan fingerprint density at radius 1 is 1.48 bits per heavy atom. The zero-order valence-corrected chi connectivity index (χ0v) is 11.5. The average Bonchev–Trinajstić information content (AvgIpc) is 2.40. The Labute approximate surface area is 120 Å². The third kappa shape index (κ3) is 4.73. The quantitative estimate of drug-likeness (QED) is 0.532. The normalized spacial score (nSPS) is 11.5. The van der Waals surface area contributed by atoms with Gasteiger partial charge in [-0.15, -0.1) is 0 Å². The SMILES string of the molecule is COCC(NC(=O)Nc1ccc(C)c([N+](=O)[O-])c1)C(=O)O. The molecule has 0 radical (unpaired) electrons. The summed E-state index contributed by atoms with van der Waals surface area (Å²) in [4.78, 5) is 32.7. The Bertz CT molecular complexity index is 560. The average molecular weight is 297 g/mol. The standard InChI is InChI=1S/C12H15N3O6/c1-7-3-4-8(5-10(7)15(19)20)13-12(18)14-9(6-21-2)11(16)17/h3-5,9H,6H2,1-2H3,(H,16,17)(H2,13,14,18). The van der Waals surface area contributed by atoms with Crippen LogP contribution in [0.2, 0.25) is 0 Å². The van der Waals surface area contributed by atoms with E-state index in [2.05, 4.69) is 15.4 Å². The molecule has 0 saturated heterocycles. The fraction of sp³-hybridized carbons (Fsp3) is 0.333. The number of rotatable bonds is 6. The number of nitrogens with one attached hydrogen (secondary N) is 2. The molecule has 0 aromatic heterocycles. The maximum atomic E-state index is 11.7. The highest BCUT2D eigenvalue weighted by atomic mass is 16.6. The zero-order chi connectivity index (χ0) is 16.0. The number of carbonyl (C=O) groups excluding carboxylic acids is 1. The number of nitrogens with zero attached hydrogens (tertiary/aromatic N) is 1. The maximum absolute atomic E-state index is 11.7. The topological polar surface area (TPSA) is 131 Å². The van der Waals surface area contributed by atoms with E-state index in [-0.39, 0.29) is 18.0 Å². The summed E-state index contributed by atoms with van der Waals surface area (Å²) in [7, 11) is 1.30. The molecule has 1 aromatic rings. The van der Waals surface area contributed by atoms with Crippen LogP contribution < -0.4 is 10.6 Å². The second-order valence-corrected chi connectivity index (χ2v) is 4.20. The largest absolute Gasteiger partial charge is 0.480 e. The molecule has 9 nitrogen and oxygen atoms in total. The van der Waals surface area contributed by atoms with Crippen LogP contribution in [-0.4, -0.2) is 41.8 Å². The summed E-state index contributed by atoms with van der Waals surface area (Å²) in [5.41, 5.74) is 0.500. The van der Waals surface area contributed by atoms with Crippen molar-refractivity contribution in [3.05, 3.63) is 33.9 Å². The van der Waals surface area contributed by atoms with Gasteiger partial charge in [-0.3, -0.25) is 10.1 Å². The van der Waals surface area contributed by atoms with Crippen molar-refractivity contribution >= 4 is 23.4 Å². The number of methoxy groups -OCH3 is 1. The lowest BCUT2D eigenvalue weighted by molar-refractivity contribution is -0.385. The monoisotopic (exact) mass is 297 g/mol. The minimum atomic E-state index is -1.25. The Morgan fingerprint density at radius 3 is 2.67 bits per heavy atom. The predicted octanol–water partition coefficient (Wildman–Crippen LogP) is 1.12. The van der Waals surface area contributed by atoms with Gasteiger partial charge in [0.05, 0.1) is 11.5 Å². The van der Waals surface area contributed by atoms with Gasteiger partial charge in [0.25, 0.3) is 5.69 Å². The van der Waals surface area contributed by atoms with Crippen LogP contribution in [0, 0.1) is 17.0 Å². The molecule has 0 spiro atoms. The molecule has 9 heteroatoms. The molecule has 0 aliphatic rings. The highest BCUT2D eigenvalue weighted by Gasteiger charge is 2.20. The number of hydrogen-bond acceptors (Lipinski definition) is 5. The van der Waals surface area contributed by atoms with E-state index in [1.54, 1.807) is 6.92 Å². The molecule has 0 aliphatic carbocycles. The van der Waals surface area contributed by atoms with E-state index in [9.17, 15) is 19.7 Å². The summed E-state index contributed by atoms with van der Waals surface area (Å²) >= 11 is 0. The van der Waals surface area contributed by atoms with E-state index in [0.717, 1.165) is 0 Å². The van der Waals surface area contributed by atoms with Crippen molar-refractivity contribution in [2.24, 2.45) is 0 Å². The van der Waals surface area contributed by atoms with Crippen molar-refractivity contribution in [3.63, 3.8) is 0 Å². The molecule has 1 rings (SSSR count). The first-order valence-electron chi connectivity index (χ1n) is 5.89. The molecule has 1 unspecified atom stereocenters. The minimum absolute atomic E-state index is 0.139. The van der Waals surface area contributed by atoms with Gasteiger partial charge in [-0.05, 0) is 13.0 Å². The number of carbonyl (C=O) groups is 2. The van der Waals surface area contributed by atoms with Gasteiger partial charge >= 0.3 is 12.0 Å². The van der Waals surface area contributed by atoms with Gasteiger partial charge in [-0.1, -0.05) is 6.07 Å². The van der Waals surface area contributed by atoms with Crippen LogP contribution in [0.4, 0.5) is 16.2 Å². The molecule has 0 fully saturated rings. The van der Waals surface area contributed by atoms with E-state index in [4.69, 9.17) is 5.11 Å². The molecule has 114 valence electrons. The minimum Gasteiger partial charge on any atom is -0.480 e. The molecular formula is C12H15N3O6. The number of nitro groups is 1. The Kier molecular flexibility index (Phi) is 5.61. The van der Waals surface area contributed by atoms with Crippen LogP contribution in [0.3, 0.4) is 0 Å². The lowest BCUT2D eigenvalue weighted by atomic mass is 10.2. The number of aryl methyl sites for hydroxylation is 1. The van der Waals surface area contributed by atoms with E-state index in [0.29, 0.717) is 5.56 Å². The second-order valence-electron chi connectivity index (χ2n) is 4.20. The number of urea groups is 1. The van der Waals surface area contributed by atoms with Crippen molar-refractivity contribution in [2.45, 2.75) is 13.0 Å². The third-order valence-electron chi connectivity index (χ3n) is 2.60. The zero-order valence-electron chi connectivity index (χ0n) is 11.5. The number of nitro benzene ring substituents is 1. The summed E-state index contributed by atoms with van der Waals surface area (Å²) in [6.07, 6.45) is 0. The molecule has 0 saturated carbocycles. The van der Waals surface area contributed by atoms with E-state index in [1.807, 2.05) is 0 Å². The first-order valence-corrected chi connectivity index (χ1v) is 5.89. The molecule has 0 bridgehead atoms. The van der Waals surface area contributed by atoms with E-state index < -0.39 is 23.0 Å². The molecular weight excluding hydrogens is 282 g/mol. The third-order valence-corrected chi connectivity index (χ3v) is 2.60. The number of benzene rings is 1. The van der Waals surface area contributed by atoms with Crippen molar-refractivity contribution in [1.82, 2.24) is 5.32 Å². The van der Waals surface area contributed by atoms with Gasteiger partial charge in [-0.2, -0.15) is 0 Å². The molecule has 0 heterocycles. The Hall–Kier alpha value is -2.68. The summed E-state index contributed by atoms with van der Waals surface area (Å²) in [6, 6.07) is 2.15. The van der Waals surface area contributed by atoms with Crippen LogP contribution in [0.25, 0.3) is 0 Å². The number of ether oxygens (including phenoxy) is 1. The summed E-state index contributed by atoms with van der Waals surface area (Å²) in [5.74, 6) is -1.25. The van der Waals surface area contributed by atoms with Crippen LogP contribution >= 0.6 is 0 Å². The van der Waals surface area contributed by atoms with Crippen molar-refractivity contribution in [1.29, 1.82) is 0 Å². The molecule has 1 atom stereocenters. The summed E-state index contributed by atoms with van der Waals surface area (Å²) in [6.45, 7) is 1.37. The van der Waals surface area contributed by atoms with Crippen LogP contribution in [-0.2, 0) is 9.53 Å². The lowest BCUT2D eigenvalue weighted by Gasteiger charge is -2.14. The van der Waals surface area contributed by atoms with Crippen molar-refractivity contribution < 1.29 is 24.4 Å². The highest BCUT2D eigenvalue weighted by molar-refractivity contribution is 5.92. The van der Waals surface area contributed by atoms with E-state index >= 15 is 0 Å². The fourth-order valence-electron chi connectivity index (χ4n) is 1.55. The predicted molar refractivity (Wildman–Crippen MR) is 73.3 cm³/mol. The number of aliphatic carboxylic acids is 1. The fourth-order valence-corrected chi connectivity index (χ4v) is 1.55. The van der Waals surface area contributed by atoms with Crippen LogP contribution in [0.1, 0.15) is 5.56 Å².